The monoisotopic (exact) mass is 207 g/mol. The van der Waals surface area contributed by atoms with Crippen molar-refractivity contribution in [2.75, 3.05) is 12.3 Å². The summed E-state index contributed by atoms with van der Waals surface area (Å²) < 4.78 is 24.3. The number of nitrogens with one attached hydrogen (secondary N) is 1. The average molecular weight is 207 g/mol. The van der Waals surface area contributed by atoms with Crippen molar-refractivity contribution in [2.45, 2.75) is 12.8 Å². The van der Waals surface area contributed by atoms with E-state index in [9.17, 15) is 13.2 Å². The van der Waals surface area contributed by atoms with Crippen molar-refractivity contribution < 1.29 is 18.3 Å². The van der Waals surface area contributed by atoms with Crippen molar-refractivity contribution >= 4 is 16.0 Å². The Balaban J connectivity index is 3.80. The summed E-state index contributed by atoms with van der Waals surface area (Å²) in [5.41, 5.74) is 0. The topological polar surface area (TPSA) is 83.5 Å². The lowest BCUT2D eigenvalue weighted by molar-refractivity contribution is -0.136. The zero-order chi connectivity index (χ0) is 10.3. The predicted octanol–water partition coefficient (Wildman–Crippen LogP) is -0.0434. The van der Waals surface area contributed by atoms with Crippen LogP contribution >= 0.6 is 0 Å². The van der Waals surface area contributed by atoms with Gasteiger partial charge in [-0.1, -0.05) is 6.08 Å². The summed E-state index contributed by atoms with van der Waals surface area (Å²) in [5, 5.41) is 8.24. The molecule has 2 N–H and O–H groups in total. The molecule has 0 spiro atoms. The molecule has 0 radical (unpaired) electrons. The van der Waals surface area contributed by atoms with Crippen LogP contribution in [0.15, 0.2) is 12.7 Å². The highest BCUT2D eigenvalue weighted by molar-refractivity contribution is 7.89. The van der Waals surface area contributed by atoms with Gasteiger partial charge in [-0.25, -0.2) is 13.1 Å². The Kier molecular flexibility index (Phi) is 5.33. The minimum atomic E-state index is -3.43. The number of rotatable bonds is 7. The highest BCUT2D eigenvalue weighted by atomic mass is 32.2. The highest BCUT2D eigenvalue weighted by Crippen LogP contribution is 1.90. The molecule has 0 aromatic rings. The van der Waals surface area contributed by atoms with Crippen LogP contribution in [0.25, 0.3) is 0 Å². The van der Waals surface area contributed by atoms with Gasteiger partial charge in [0.15, 0.2) is 0 Å². The first-order chi connectivity index (χ1) is 5.98. The lowest BCUT2D eigenvalue weighted by Crippen LogP contribution is -2.28. The third kappa shape index (κ3) is 7.48. The lowest BCUT2D eigenvalue weighted by atomic mass is 10.4. The summed E-state index contributed by atoms with van der Waals surface area (Å²) in [6.07, 6.45) is 1.75. The average Bonchev–Trinajstić information content (AvgIpc) is 2.02. The molecule has 6 heteroatoms. The fraction of sp³-hybridized carbons (Fsp3) is 0.571. The smallest absolute Gasteiger partial charge is 0.304 e. The molecule has 76 valence electrons. The predicted molar refractivity (Wildman–Crippen MR) is 48.9 cm³/mol. The van der Waals surface area contributed by atoms with Crippen molar-refractivity contribution in [3.63, 3.8) is 0 Å². The van der Waals surface area contributed by atoms with E-state index in [-0.39, 0.29) is 18.7 Å². The van der Waals surface area contributed by atoms with Gasteiger partial charge in [-0.15, -0.1) is 6.58 Å². The second-order valence-corrected chi connectivity index (χ2v) is 4.36. The summed E-state index contributed by atoms with van der Waals surface area (Å²) in [4.78, 5) is 10.1. The highest BCUT2D eigenvalue weighted by Gasteiger charge is 2.10. The minimum Gasteiger partial charge on any atom is -0.481 e. The molecule has 0 rings (SSSR count). The molecule has 0 unspecified atom stereocenters. The molecule has 13 heavy (non-hydrogen) atoms. The van der Waals surface area contributed by atoms with Crippen LogP contribution in [0, 0.1) is 0 Å². The van der Waals surface area contributed by atoms with Gasteiger partial charge in [0, 0.05) is 6.54 Å². The van der Waals surface area contributed by atoms with Crippen LogP contribution in [-0.4, -0.2) is 31.8 Å². The second-order valence-electron chi connectivity index (χ2n) is 2.43. The van der Waals surface area contributed by atoms with Crippen LogP contribution in [-0.2, 0) is 14.8 Å². The van der Waals surface area contributed by atoms with Crippen molar-refractivity contribution in [1.29, 1.82) is 0 Å². The number of aliphatic carboxylic acids is 1. The van der Waals surface area contributed by atoms with E-state index in [1.54, 1.807) is 6.08 Å². The van der Waals surface area contributed by atoms with Gasteiger partial charge in [-0.2, -0.15) is 0 Å². The van der Waals surface area contributed by atoms with Gasteiger partial charge in [-0.3, -0.25) is 4.79 Å². The first-order valence-corrected chi connectivity index (χ1v) is 5.43. The Hall–Kier alpha value is -0.880. The molecule has 0 aromatic heterocycles. The normalized spacial score (nSPS) is 11.1. The van der Waals surface area contributed by atoms with Crippen molar-refractivity contribution in [3.05, 3.63) is 12.7 Å². The number of hydrogen-bond donors (Lipinski definition) is 2. The standard InChI is InChI=1S/C7H13NO4S/c1-2-3-5-8-13(11,12)6-4-7(9)10/h2,8H,1,3-6H2,(H,9,10). The molecule has 0 aromatic carbocycles. The molecule has 0 aliphatic rings. The van der Waals surface area contributed by atoms with E-state index in [1.807, 2.05) is 0 Å². The van der Waals surface area contributed by atoms with E-state index in [1.165, 1.54) is 0 Å². The fourth-order valence-corrected chi connectivity index (χ4v) is 1.63. The molecule has 0 fully saturated rings. The Morgan fingerprint density at radius 3 is 2.62 bits per heavy atom. The summed E-state index contributed by atoms with van der Waals surface area (Å²) in [6, 6.07) is 0. The van der Waals surface area contributed by atoms with Crippen molar-refractivity contribution in [3.8, 4) is 0 Å². The molecule has 0 aliphatic heterocycles. The minimum absolute atomic E-state index is 0.269. The summed E-state index contributed by atoms with van der Waals surface area (Å²) >= 11 is 0. The Morgan fingerprint density at radius 1 is 1.54 bits per heavy atom. The second kappa shape index (κ2) is 5.71. The van der Waals surface area contributed by atoms with Gasteiger partial charge >= 0.3 is 5.97 Å². The van der Waals surface area contributed by atoms with Gasteiger partial charge in [0.25, 0.3) is 0 Å². The van der Waals surface area contributed by atoms with Gasteiger partial charge in [-0.05, 0) is 6.42 Å². The van der Waals surface area contributed by atoms with Crippen LogP contribution in [0.3, 0.4) is 0 Å². The molecule has 0 atom stereocenters. The molecule has 0 saturated carbocycles. The summed E-state index contributed by atoms with van der Waals surface area (Å²) in [5.74, 6) is -1.49. The van der Waals surface area contributed by atoms with E-state index in [0.29, 0.717) is 6.42 Å². The lowest BCUT2D eigenvalue weighted by Gasteiger charge is -2.02. The number of carboxylic acid groups (broad SMARTS) is 1. The summed E-state index contributed by atoms with van der Waals surface area (Å²) in [6.45, 7) is 3.69. The maximum Gasteiger partial charge on any atom is 0.304 e. The van der Waals surface area contributed by atoms with E-state index in [4.69, 9.17) is 5.11 Å². The third-order valence-corrected chi connectivity index (χ3v) is 2.64. The zero-order valence-electron chi connectivity index (χ0n) is 7.19. The number of sulfonamides is 1. The third-order valence-electron chi connectivity index (χ3n) is 1.26. The first kappa shape index (κ1) is 12.1. The van der Waals surface area contributed by atoms with Crippen molar-refractivity contribution in [2.24, 2.45) is 0 Å². The Morgan fingerprint density at radius 2 is 2.15 bits per heavy atom. The van der Waals surface area contributed by atoms with E-state index < -0.39 is 16.0 Å². The van der Waals surface area contributed by atoms with Gasteiger partial charge in [0.1, 0.15) is 0 Å². The molecule has 0 bridgehead atoms. The molecule has 0 heterocycles. The van der Waals surface area contributed by atoms with E-state index >= 15 is 0 Å². The van der Waals surface area contributed by atoms with Gasteiger partial charge < -0.3 is 5.11 Å². The number of carboxylic acids is 1. The molecular formula is C7H13NO4S. The van der Waals surface area contributed by atoms with E-state index in [2.05, 4.69) is 11.3 Å². The Labute approximate surface area is 77.5 Å². The number of hydrogen-bond acceptors (Lipinski definition) is 3. The number of carbonyl (C=O) groups is 1. The van der Waals surface area contributed by atoms with Gasteiger partial charge in [0.2, 0.25) is 10.0 Å². The SMILES string of the molecule is C=CCCNS(=O)(=O)CCC(=O)O. The molecule has 0 aliphatic carbocycles. The zero-order valence-corrected chi connectivity index (χ0v) is 8.01. The van der Waals surface area contributed by atoms with Gasteiger partial charge in [0.05, 0.1) is 12.2 Å². The molecular weight excluding hydrogens is 194 g/mol. The molecule has 5 nitrogen and oxygen atoms in total. The largest absolute Gasteiger partial charge is 0.481 e. The summed E-state index contributed by atoms with van der Waals surface area (Å²) in [7, 11) is -3.43. The van der Waals surface area contributed by atoms with Crippen molar-refractivity contribution in [1.82, 2.24) is 4.72 Å². The van der Waals surface area contributed by atoms with Crippen LogP contribution in [0.1, 0.15) is 12.8 Å². The quantitative estimate of drug-likeness (QED) is 0.453. The first-order valence-electron chi connectivity index (χ1n) is 3.78. The maximum atomic E-state index is 11.0. The molecule has 0 saturated heterocycles. The van der Waals surface area contributed by atoms with Crippen LogP contribution in [0.2, 0.25) is 0 Å². The Bertz CT molecular complexity index is 270. The maximum absolute atomic E-state index is 11.0. The van der Waals surface area contributed by atoms with E-state index in [0.717, 1.165) is 0 Å². The fourth-order valence-electron chi connectivity index (χ4n) is 0.610. The van der Waals surface area contributed by atoms with Crippen LogP contribution in [0.5, 0.6) is 0 Å². The van der Waals surface area contributed by atoms with Crippen LogP contribution in [0.4, 0.5) is 0 Å². The molecule has 0 amide bonds. The van der Waals surface area contributed by atoms with Crippen LogP contribution < -0.4 is 4.72 Å².